The van der Waals surface area contributed by atoms with E-state index in [1.165, 1.54) is 0 Å². The van der Waals surface area contributed by atoms with Crippen molar-refractivity contribution in [2.24, 2.45) is 0 Å². The average Bonchev–Trinajstić information content (AvgIpc) is 3.09. The van der Waals surface area contributed by atoms with E-state index in [2.05, 4.69) is 10.3 Å². The molecule has 3 aromatic rings. The number of aromatic amines is 1. The molecule has 1 atom stereocenters. The van der Waals surface area contributed by atoms with Gasteiger partial charge in [-0.3, -0.25) is 9.59 Å². The molecule has 132 valence electrons. The molecule has 1 aliphatic rings. The van der Waals surface area contributed by atoms with E-state index in [-0.39, 0.29) is 11.8 Å². The van der Waals surface area contributed by atoms with E-state index in [1.807, 2.05) is 30.5 Å². The van der Waals surface area contributed by atoms with Gasteiger partial charge in [-0.2, -0.15) is 0 Å². The van der Waals surface area contributed by atoms with Crippen LogP contribution in [-0.4, -0.2) is 35.4 Å². The Bertz CT molecular complexity index is 962. The summed E-state index contributed by atoms with van der Waals surface area (Å²) in [7, 11) is 1.59. The maximum Gasteiger partial charge on any atom is 0.251 e. The Kier molecular flexibility index (Phi) is 4.08. The number of hydrogen-bond acceptors (Lipinski definition) is 3. The highest BCUT2D eigenvalue weighted by molar-refractivity contribution is 6.01. The predicted molar refractivity (Wildman–Crippen MR) is 99.0 cm³/mol. The van der Waals surface area contributed by atoms with E-state index in [9.17, 15) is 9.59 Å². The fraction of sp³-hybridized carbons (Fsp3) is 0.200. The van der Waals surface area contributed by atoms with Crippen LogP contribution in [0.2, 0.25) is 0 Å². The highest BCUT2D eigenvalue weighted by Crippen LogP contribution is 2.33. The van der Waals surface area contributed by atoms with E-state index in [0.29, 0.717) is 24.4 Å². The fourth-order valence-electron chi connectivity index (χ4n) is 3.26. The highest BCUT2D eigenvalue weighted by atomic mass is 16.5. The maximum atomic E-state index is 13.0. The van der Waals surface area contributed by atoms with Crippen LogP contribution in [0.5, 0.6) is 5.75 Å². The molecule has 2 heterocycles. The molecular formula is C20H19N3O3. The molecule has 26 heavy (non-hydrogen) atoms. The number of nitrogens with one attached hydrogen (secondary N) is 2. The molecule has 2 N–H and O–H groups in total. The number of fused-ring (bicyclic) bond motifs is 1. The number of likely N-dealkylation sites (tertiary alicyclic amines) is 1. The normalized spacial score (nSPS) is 14.8. The number of hydrogen-bond donors (Lipinski definition) is 2. The monoisotopic (exact) mass is 349 g/mol. The number of rotatable bonds is 5. The number of amides is 2. The van der Waals surface area contributed by atoms with Crippen LogP contribution < -0.4 is 10.1 Å². The van der Waals surface area contributed by atoms with Crippen LogP contribution in [-0.2, 0) is 9.59 Å². The first-order valence-corrected chi connectivity index (χ1v) is 8.48. The molecular weight excluding hydrogens is 330 g/mol. The van der Waals surface area contributed by atoms with Crippen LogP contribution >= 0.6 is 0 Å². The van der Waals surface area contributed by atoms with Gasteiger partial charge in [-0.15, -0.1) is 0 Å². The van der Waals surface area contributed by atoms with Crippen molar-refractivity contribution in [2.75, 3.05) is 19.0 Å². The third-order valence-corrected chi connectivity index (χ3v) is 4.72. The summed E-state index contributed by atoms with van der Waals surface area (Å²) in [5.41, 5.74) is 2.41. The second kappa shape index (κ2) is 6.55. The van der Waals surface area contributed by atoms with Gasteiger partial charge in [0.2, 0.25) is 5.91 Å². The molecule has 0 bridgehead atoms. The van der Waals surface area contributed by atoms with Crippen molar-refractivity contribution in [1.82, 2.24) is 9.88 Å². The molecule has 1 saturated heterocycles. The smallest absolute Gasteiger partial charge is 0.251 e. The van der Waals surface area contributed by atoms with Crippen molar-refractivity contribution in [1.29, 1.82) is 0 Å². The van der Waals surface area contributed by atoms with Crippen LogP contribution in [0, 0.1) is 0 Å². The Morgan fingerprint density at radius 1 is 1.19 bits per heavy atom. The number of methoxy groups -OCH3 is 1. The minimum Gasteiger partial charge on any atom is -0.497 e. The Hall–Kier alpha value is -3.28. The zero-order chi connectivity index (χ0) is 18.1. The van der Waals surface area contributed by atoms with Crippen molar-refractivity contribution in [3.8, 4) is 5.75 Å². The second-order valence-electron chi connectivity index (χ2n) is 6.25. The number of H-pyrrole nitrogens is 1. The third-order valence-electron chi connectivity index (χ3n) is 4.72. The zero-order valence-corrected chi connectivity index (χ0v) is 14.4. The summed E-state index contributed by atoms with van der Waals surface area (Å²) >= 11 is 0. The molecule has 2 aromatic carbocycles. The van der Waals surface area contributed by atoms with Crippen LogP contribution in [0.4, 0.5) is 5.69 Å². The van der Waals surface area contributed by atoms with Crippen molar-refractivity contribution in [3.63, 3.8) is 0 Å². The average molecular weight is 349 g/mol. The van der Waals surface area contributed by atoms with Gasteiger partial charge in [-0.1, -0.05) is 18.2 Å². The predicted octanol–water partition coefficient (Wildman–Crippen LogP) is 3.09. The summed E-state index contributed by atoms with van der Waals surface area (Å²) < 4.78 is 5.14. The summed E-state index contributed by atoms with van der Waals surface area (Å²) in [5.74, 6) is 0.479. The van der Waals surface area contributed by atoms with E-state index in [4.69, 9.17) is 4.74 Å². The van der Waals surface area contributed by atoms with Crippen molar-refractivity contribution >= 4 is 28.4 Å². The number of carbonyl (C=O) groups excluding carboxylic acids is 2. The lowest BCUT2D eigenvalue weighted by atomic mass is 9.99. The molecule has 6 heteroatoms. The van der Waals surface area contributed by atoms with Gasteiger partial charge in [0.1, 0.15) is 11.8 Å². The van der Waals surface area contributed by atoms with Gasteiger partial charge in [-0.25, -0.2) is 0 Å². The number of ether oxygens (including phenoxy) is 1. The number of anilines is 1. The Morgan fingerprint density at radius 2 is 1.96 bits per heavy atom. The molecule has 0 spiro atoms. The third kappa shape index (κ3) is 2.79. The summed E-state index contributed by atoms with van der Waals surface area (Å²) in [6.07, 6.45) is 2.29. The molecule has 4 rings (SSSR count). The van der Waals surface area contributed by atoms with Crippen LogP contribution in [0.1, 0.15) is 18.0 Å². The first-order valence-electron chi connectivity index (χ1n) is 8.48. The summed E-state index contributed by atoms with van der Waals surface area (Å²) in [6, 6.07) is 14.2. The molecule has 2 amide bonds. The largest absolute Gasteiger partial charge is 0.497 e. The first-order chi connectivity index (χ1) is 12.7. The van der Waals surface area contributed by atoms with Gasteiger partial charge in [0, 0.05) is 41.3 Å². The van der Waals surface area contributed by atoms with Gasteiger partial charge in [-0.05, 0) is 30.3 Å². The standard InChI is InChI=1S/C20H19N3O3/c1-26-14-8-6-13(7-9-14)22-20(25)19(23-11-10-18(23)24)16-12-21-17-5-3-2-4-15(16)17/h2-9,12,19,21H,10-11H2,1H3,(H,22,25)/t19-/m1/s1. The maximum absolute atomic E-state index is 13.0. The fourth-order valence-corrected chi connectivity index (χ4v) is 3.26. The SMILES string of the molecule is COc1ccc(NC(=O)[C@@H](c2c[nH]c3ccccc23)N2CCC2=O)cc1. The number of aromatic nitrogens is 1. The van der Waals surface area contributed by atoms with Crippen LogP contribution in [0.15, 0.2) is 54.7 Å². The number of carbonyl (C=O) groups is 2. The lowest BCUT2D eigenvalue weighted by Gasteiger charge is -2.37. The van der Waals surface area contributed by atoms with Gasteiger partial charge >= 0.3 is 0 Å². The number of β-lactam (4-membered cyclic amide) rings is 1. The number of para-hydroxylation sites is 1. The minimum absolute atomic E-state index is 0.00911. The van der Waals surface area contributed by atoms with Gasteiger partial charge in [0.05, 0.1) is 7.11 Å². The molecule has 1 aliphatic heterocycles. The molecule has 6 nitrogen and oxygen atoms in total. The van der Waals surface area contributed by atoms with Gasteiger partial charge < -0.3 is 19.9 Å². The quantitative estimate of drug-likeness (QED) is 0.695. The molecule has 1 aromatic heterocycles. The minimum atomic E-state index is -0.658. The molecule has 0 saturated carbocycles. The highest BCUT2D eigenvalue weighted by Gasteiger charge is 2.37. The molecule has 1 fully saturated rings. The van der Waals surface area contributed by atoms with E-state index in [0.717, 1.165) is 16.5 Å². The Balaban J connectivity index is 1.66. The lowest BCUT2D eigenvalue weighted by Crippen LogP contribution is -2.49. The van der Waals surface area contributed by atoms with Gasteiger partial charge in [0.15, 0.2) is 0 Å². The van der Waals surface area contributed by atoms with E-state index < -0.39 is 6.04 Å². The van der Waals surface area contributed by atoms with Gasteiger partial charge in [0.25, 0.3) is 5.91 Å². The first kappa shape index (κ1) is 16.2. The topological polar surface area (TPSA) is 74.4 Å². The lowest BCUT2D eigenvalue weighted by molar-refractivity contribution is -0.147. The Labute approximate surface area is 150 Å². The van der Waals surface area contributed by atoms with Crippen molar-refractivity contribution in [3.05, 3.63) is 60.3 Å². The second-order valence-corrected chi connectivity index (χ2v) is 6.25. The summed E-state index contributed by atoms with van der Waals surface area (Å²) in [6.45, 7) is 0.582. The van der Waals surface area contributed by atoms with Crippen molar-refractivity contribution < 1.29 is 14.3 Å². The van der Waals surface area contributed by atoms with Crippen LogP contribution in [0.3, 0.4) is 0 Å². The Morgan fingerprint density at radius 3 is 2.62 bits per heavy atom. The van der Waals surface area contributed by atoms with E-state index >= 15 is 0 Å². The van der Waals surface area contributed by atoms with Crippen LogP contribution in [0.25, 0.3) is 10.9 Å². The summed E-state index contributed by atoms with van der Waals surface area (Å²) in [5, 5.41) is 3.86. The molecule has 0 aliphatic carbocycles. The number of nitrogens with zero attached hydrogens (tertiary/aromatic N) is 1. The van der Waals surface area contributed by atoms with Crippen molar-refractivity contribution in [2.45, 2.75) is 12.5 Å². The zero-order valence-electron chi connectivity index (χ0n) is 14.4. The molecule has 0 unspecified atom stereocenters. The summed E-state index contributed by atoms with van der Waals surface area (Å²) in [4.78, 5) is 29.9. The van der Waals surface area contributed by atoms with E-state index in [1.54, 1.807) is 36.3 Å². The number of benzene rings is 2. The molecule has 0 radical (unpaired) electrons.